The highest BCUT2D eigenvalue weighted by molar-refractivity contribution is 6.74. The van der Waals surface area contributed by atoms with E-state index in [9.17, 15) is 12.9 Å². The number of aromatic nitrogens is 2. The Kier molecular flexibility index (Phi) is 2.83. The number of ether oxygens (including phenoxy) is 2. The third-order valence-corrected chi connectivity index (χ3v) is 1.52. The van der Waals surface area contributed by atoms with E-state index in [1.54, 1.807) is 0 Å². The van der Waals surface area contributed by atoms with E-state index in [0.29, 0.717) is 0 Å². The molecule has 8 heteroatoms. The molecule has 0 unspecified atom stereocenters. The largest absolute Gasteiger partial charge is 0.515 e. The summed E-state index contributed by atoms with van der Waals surface area (Å²) in [6.07, 6.45) is 0. The molecular weight excluding hydrogens is 200 g/mol. The van der Waals surface area contributed by atoms with Gasteiger partial charge in [0.1, 0.15) is 0 Å². The van der Waals surface area contributed by atoms with Crippen LogP contribution in [0.3, 0.4) is 0 Å². The topological polar surface area (TPSA) is 44.2 Å². The zero-order valence-corrected chi connectivity index (χ0v) is 7.50. The molecule has 78 valence electrons. The summed E-state index contributed by atoms with van der Waals surface area (Å²) in [5.41, 5.74) is -0.945. The van der Waals surface area contributed by atoms with Crippen LogP contribution in [0.25, 0.3) is 0 Å². The average Bonchev–Trinajstić information content (AvgIpc) is 2.15. The Morgan fingerprint density at radius 3 is 2.21 bits per heavy atom. The van der Waals surface area contributed by atoms with E-state index in [-0.39, 0.29) is 5.88 Å². The van der Waals surface area contributed by atoms with Crippen molar-refractivity contribution in [2.75, 3.05) is 14.2 Å². The molecule has 0 N–H and O–H groups in total. The van der Waals surface area contributed by atoms with Crippen molar-refractivity contribution in [2.24, 2.45) is 0 Å². The molecule has 0 radical (unpaired) electrons. The van der Waals surface area contributed by atoms with Gasteiger partial charge in [0.2, 0.25) is 11.8 Å². The number of halogens is 3. The van der Waals surface area contributed by atoms with Crippen LogP contribution in [0.15, 0.2) is 6.07 Å². The van der Waals surface area contributed by atoms with E-state index in [1.807, 2.05) is 0 Å². The van der Waals surface area contributed by atoms with Crippen LogP contribution in [0.2, 0.25) is 0 Å². The fourth-order valence-electron chi connectivity index (χ4n) is 0.869. The van der Waals surface area contributed by atoms with Crippen molar-refractivity contribution in [3.63, 3.8) is 0 Å². The first-order valence-corrected chi connectivity index (χ1v) is 3.64. The zero-order chi connectivity index (χ0) is 10.8. The standard InChI is InChI=1S/C6H7BF3N2O2/c1-13-5-3-4(7(8,9)10)6(14-2)12-11-5/h3H,1-2H3/q-1. The molecule has 0 saturated heterocycles. The van der Waals surface area contributed by atoms with Crippen LogP contribution in [0.4, 0.5) is 12.9 Å². The highest BCUT2D eigenvalue weighted by Gasteiger charge is 2.31. The van der Waals surface area contributed by atoms with Crippen molar-refractivity contribution in [3.05, 3.63) is 6.07 Å². The summed E-state index contributed by atoms with van der Waals surface area (Å²) in [6, 6.07) is 0.756. The van der Waals surface area contributed by atoms with E-state index in [1.165, 1.54) is 7.11 Å². The van der Waals surface area contributed by atoms with Gasteiger partial charge in [-0.25, -0.2) is 0 Å². The first kappa shape index (κ1) is 10.6. The quantitative estimate of drug-likeness (QED) is 0.678. The summed E-state index contributed by atoms with van der Waals surface area (Å²) in [5, 5.41) is 6.59. The maximum absolute atomic E-state index is 12.4. The molecule has 0 aromatic carbocycles. The van der Waals surface area contributed by atoms with Crippen LogP contribution in [-0.2, 0) is 0 Å². The molecule has 0 spiro atoms. The Morgan fingerprint density at radius 1 is 1.14 bits per heavy atom. The van der Waals surface area contributed by atoms with Crippen LogP contribution in [-0.4, -0.2) is 31.4 Å². The van der Waals surface area contributed by atoms with Crippen molar-refractivity contribution < 1.29 is 22.4 Å². The lowest BCUT2D eigenvalue weighted by atomic mass is 9.81. The number of hydrogen-bond donors (Lipinski definition) is 0. The monoisotopic (exact) mass is 207 g/mol. The van der Waals surface area contributed by atoms with Gasteiger partial charge in [0.25, 0.3) is 0 Å². The van der Waals surface area contributed by atoms with Gasteiger partial charge in [0, 0.05) is 0 Å². The molecule has 14 heavy (non-hydrogen) atoms. The van der Waals surface area contributed by atoms with E-state index >= 15 is 0 Å². The van der Waals surface area contributed by atoms with Gasteiger partial charge in [-0.15, -0.1) is 10.2 Å². The number of hydrogen-bond acceptors (Lipinski definition) is 4. The number of rotatable bonds is 3. The molecule has 0 amide bonds. The molecule has 0 fully saturated rings. The van der Waals surface area contributed by atoms with E-state index < -0.39 is 18.3 Å². The van der Waals surface area contributed by atoms with Crippen molar-refractivity contribution in [1.29, 1.82) is 0 Å². The summed E-state index contributed by atoms with van der Waals surface area (Å²) in [6.45, 7) is -5.17. The molecule has 0 aliphatic heterocycles. The molecule has 0 atom stereocenters. The highest BCUT2D eigenvalue weighted by Crippen LogP contribution is 2.17. The minimum absolute atomic E-state index is 0.194. The zero-order valence-electron chi connectivity index (χ0n) is 7.50. The number of nitrogens with zero attached hydrogens (tertiary/aromatic N) is 2. The predicted molar refractivity (Wildman–Crippen MR) is 43.8 cm³/mol. The van der Waals surface area contributed by atoms with Gasteiger partial charge < -0.3 is 22.4 Å². The maximum atomic E-state index is 12.4. The van der Waals surface area contributed by atoms with Gasteiger partial charge >= 0.3 is 6.98 Å². The summed E-state index contributed by atoms with van der Waals surface area (Å²) in [7, 11) is 2.31. The molecule has 0 aliphatic carbocycles. The third kappa shape index (κ3) is 2.07. The molecule has 4 nitrogen and oxygen atoms in total. The first-order valence-electron chi connectivity index (χ1n) is 3.64. The molecule has 1 aromatic heterocycles. The summed E-state index contributed by atoms with van der Waals surface area (Å²) in [4.78, 5) is 0. The Morgan fingerprint density at radius 2 is 1.79 bits per heavy atom. The van der Waals surface area contributed by atoms with Gasteiger partial charge in [-0.3, -0.25) is 0 Å². The minimum atomic E-state index is -5.17. The first-order chi connectivity index (χ1) is 6.49. The van der Waals surface area contributed by atoms with Crippen LogP contribution in [0, 0.1) is 0 Å². The van der Waals surface area contributed by atoms with Crippen molar-refractivity contribution in [3.8, 4) is 11.8 Å². The van der Waals surface area contributed by atoms with Crippen LogP contribution in [0.1, 0.15) is 0 Å². The molecule has 1 aromatic rings. The van der Waals surface area contributed by atoms with E-state index in [4.69, 9.17) is 0 Å². The van der Waals surface area contributed by atoms with Gasteiger partial charge in [-0.1, -0.05) is 0 Å². The second-order valence-electron chi connectivity index (χ2n) is 2.43. The smallest absolute Gasteiger partial charge is 0.482 e. The third-order valence-electron chi connectivity index (χ3n) is 1.52. The fourth-order valence-corrected chi connectivity index (χ4v) is 0.869. The average molecular weight is 207 g/mol. The summed E-state index contributed by atoms with van der Waals surface area (Å²) >= 11 is 0. The summed E-state index contributed by atoms with van der Waals surface area (Å²) < 4.78 is 46.2. The molecule has 0 saturated carbocycles. The lowest BCUT2D eigenvalue weighted by Gasteiger charge is -2.17. The Balaban J connectivity index is 3.22. The van der Waals surface area contributed by atoms with Gasteiger partial charge in [-0.05, 0) is 11.5 Å². The molecule has 1 heterocycles. The summed E-state index contributed by atoms with van der Waals surface area (Å²) in [5.74, 6) is -0.738. The lowest BCUT2D eigenvalue weighted by Crippen LogP contribution is -2.36. The second-order valence-corrected chi connectivity index (χ2v) is 2.43. The fraction of sp³-hybridized carbons (Fsp3) is 0.333. The maximum Gasteiger partial charge on any atom is 0.515 e. The number of methoxy groups -OCH3 is 2. The van der Waals surface area contributed by atoms with Crippen LogP contribution >= 0.6 is 0 Å². The van der Waals surface area contributed by atoms with Crippen molar-refractivity contribution in [2.45, 2.75) is 0 Å². The minimum Gasteiger partial charge on any atom is -0.482 e. The van der Waals surface area contributed by atoms with Gasteiger partial charge in [0.15, 0.2) is 0 Å². The SMILES string of the molecule is COc1cc([B-](F)(F)F)c(OC)nn1. The van der Waals surface area contributed by atoms with Crippen molar-refractivity contribution in [1.82, 2.24) is 10.2 Å². The Labute approximate surface area is 78.1 Å². The van der Waals surface area contributed by atoms with Gasteiger partial charge in [-0.2, -0.15) is 0 Å². The van der Waals surface area contributed by atoms with Crippen molar-refractivity contribution >= 4 is 12.4 Å². The second kappa shape index (κ2) is 3.73. The molecular formula is C6H7BF3N2O2-. The normalized spacial score (nSPS) is 11.2. The lowest BCUT2D eigenvalue weighted by molar-refractivity contribution is 0.367. The van der Waals surface area contributed by atoms with E-state index in [2.05, 4.69) is 19.7 Å². The predicted octanol–water partition coefficient (Wildman–Crippen LogP) is 0.548. The van der Waals surface area contributed by atoms with E-state index in [0.717, 1.165) is 13.2 Å². The molecule has 0 bridgehead atoms. The highest BCUT2D eigenvalue weighted by atomic mass is 19.4. The Hall–Kier alpha value is -1.47. The van der Waals surface area contributed by atoms with Crippen LogP contribution < -0.4 is 14.9 Å². The van der Waals surface area contributed by atoms with Gasteiger partial charge in [0.05, 0.1) is 14.2 Å². The molecule has 0 aliphatic rings. The molecule has 1 rings (SSSR count). The Bertz CT molecular complexity index is 331. The van der Waals surface area contributed by atoms with Crippen LogP contribution in [0.5, 0.6) is 11.8 Å².